The van der Waals surface area contributed by atoms with Crippen molar-refractivity contribution >= 4 is 11.8 Å². The van der Waals surface area contributed by atoms with E-state index in [0.717, 1.165) is 37.6 Å². The van der Waals surface area contributed by atoms with Gasteiger partial charge in [0.2, 0.25) is 0 Å². The van der Waals surface area contributed by atoms with Gasteiger partial charge in [-0.15, -0.1) is 0 Å². The van der Waals surface area contributed by atoms with E-state index in [4.69, 9.17) is 4.74 Å². The molecule has 0 aromatic heterocycles. The lowest BCUT2D eigenvalue weighted by molar-refractivity contribution is 0.127. The molecule has 3 rings (SSSR count). The molecule has 1 aliphatic heterocycles. The van der Waals surface area contributed by atoms with E-state index in [1.807, 2.05) is 7.05 Å². The lowest BCUT2D eigenvalue weighted by Gasteiger charge is -2.19. The summed E-state index contributed by atoms with van der Waals surface area (Å²) >= 11 is 0. The summed E-state index contributed by atoms with van der Waals surface area (Å²) in [6.07, 6.45) is 1.34. The highest BCUT2D eigenvalue weighted by molar-refractivity contribution is 5.91. The maximum Gasteiger partial charge on any atom is 0.411 e. The number of carbonyl (C=O) groups is 1. The van der Waals surface area contributed by atoms with E-state index in [1.165, 1.54) is 18.2 Å². The van der Waals surface area contributed by atoms with Gasteiger partial charge in [0.05, 0.1) is 5.69 Å². The minimum Gasteiger partial charge on any atom is -0.448 e. The third kappa shape index (κ3) is 4.16. The Kier molecular flexibility index (Phi) is 5.46. The summed E-state index contributed by atoms with van der Waals surface area (Å²) < 4.78 is 45.5. The number of likely N-dealkylation sites (tertiary alicyclic amines) is 1. The predicted octanol–water partition coefficient (Wildman–Crippen LogP) is 4.41. The van der Waals surface area contributed by atoms with Crippen molar-refractivity contribution in [1.82, 2.24) is 4.90 Å². The molecule has 26 heavy (non-hydrogen) atoms. The van der Waals surface area contributed by atoms with Gasteiger partial charge in [0.1, 0.15) is 12.4 Å². The van der Waals surface area contributed by atoms with Crippen molar-refractivity contribution in [2.45, 2.75) is 18.9 Å². The van der Waals surface area contributed by atoms with Gasteiger partial charge >= 0.3 is 6.09 Å². The minimum atomic E-state index is -1.05. The van der Waals surface area contributed by atoms with Crippen molar-refractivity contribution in [2.75, 3.05) is 25.5 Å². The summed E-state index contributed by atoms with van der Waals surface area (Å²) in [6, 6.07) is 7.07. The first kappa shape index (κ1) is 18.3. The molecule has 1 fully saturated rings. The van der Waals surface area contributed by atoms with Gasteiger partial charge < -0.3 is 9.64 Å². The van der Waals surface area contributed by atoms with Crippen molar-refractivity contribution in [3.05, 3.63) is 53.8 Å². The fourth-order valence-electron chi connectivity index (χ4n) is 3.04. The Morgan fingerprint density at radius 2 is 2.00 bits per heavy atom. The summed E-state index contributed by atoms with van der Waals surface area (Å²) in [5.74, 6) is -2.61. The van der Waals surface area contributed by atoms with E-state index in [2.05, 4.69) is 10.2 Å². The van der Waals surface area contributed by atoms with Gasteiger partial charge in [0.25, 0.3) is 0 Å². The van der Waals surface area contributed by atoms with Gasteiger partial charge in [-0.2, -0.15) is 0 Å². The van der Waals surface area contributed by atoms with Crippen LogP contribution in [0.15, 0.2) is 36.4 Å². The lowest BCUT2D eigenvalue weighted by Crippen LogP contribution is -2.31. The zero-order valence-corrected chi connectivity index (χ0v) is 14.3. The number of hydrogen-bond acceptors (Lipinski definition) is 3. The normalized spacial score (nSPS) is 17.3. The number of anilines is 1. The second kappa shape index (κ2) is 7.78. The largest absolute Gasteiger partial charge is 0.448 e. The van der Waals surface area contributed by atoms with E-state index < -0.39 is 23.5 Å². The number of rotatable bonds is 4. The van der Waals surface area contributed by atoms with Crippen LogP contribution < -0.4 is 5.32 Å². The van der Waals surface area contributed by atoms with E-state index in [1.54, 1.807) is 0 Å². The smallest absolute Gasteiger partial charge is 0.411 e. The van der Waals surface area contributed by atoms with E-state index >= 15 is 0 Å². The first-order chi connectivity index (χ1) is 12.4. The quantitative estimate of drug-likeness (QED) is 0.874. The first-order valence-electron chi connectivity index (χ1n) is 8.33. The number of nitrogens with zero attached hydrogens (tertiary/aromatic N) is 1. The SMILES string of the molecule is CN1CCCC1COC(=O)Nc1ccc(F)cc1-c1ccc(F)c(F)c1. The number of likely N-dealkylation sites (N-methyl/N-ethyl adjacent to an activating group) is 1. The second-order valence-corrected chi connectivity index (χ2v) is 6.32. The number of ether oxygens (including phenoxy) is 1. The Morgan fingerprint density at radius 3 is 2.69 bits per heavy atom. The number of benzene rings is 2. The van der Waals surface area contributed by atoms with E-state index in [-0.39, 0.29) is 29.5 Å². The Hall–Kier alpha value is -2.54. The molecule has 1 N–H and O–H groups in total. The molecule has 1 aliphatic rings. The molecule has 7 heteroatoms. The molecule has 0 bridgehead atoms. The van der Waals surface area contributed by atoms with Gasteiger partial charge in [0, 0.05) is 11.6 Å². The van der Waals surface area contributed by atoms with Crippen LogP contribution in [-0.2, 0) is 4.74 Å². The zero-order chi connectivity index (χ0) is 18.7. The monoisotopic (exact) mass is 364 g/mol. The van der Waals surface area contributed by atoms with Crippen molar-refractivity contribution < 1.29 is 22.7 Å². The molecule has 2 aromatic rings. The van der Waals surface area contributed by atoms with Crippen LogP contribution in [0.25, 0.3) is 11.1 Å². The molecule has 2 aromatic carbocycles. The molecule has 0 radical (unpaired) electrons. The van der Waals surface area contributed by atoms with Crippen molar-refractivity contribution in [1.29, 1.82) is 0 Å². The maximum absolute atomic E-state index is 13.6. The van der Waals surface area contributed by atoms with Crippen LogP contribution in [-0.4, -0.2) is 37.2 Å². The molecule has 0 saturated carbocycles. The van der Waals surface area contributed by atoms with Gasteiger partial charge in [-0.3, -0.25) is 5.32 Å². The molecule has 0 spiro atoms. The summed E-state index contributed by atoms with van der Waals surface area (Å²) in [5.41, 5.74) is 0.732. The molecule has 1 unspecified atom stereocenters. The molecular weight excluding hydrogens is 345 g/mol. The summed E-state index contributed by atoms with van der Waals surface area (Å²) in [6.45, 7) is 1.22. The first-order valence-corrected chi connectivity index (χ1v) is 8.33. The third-order valence-electron chi connectivity index (χ3n) is 4.53. The van der Waals surface area contributed by atoms with Crippen LogP contribution >= 0.6 is 0 Å². The lowest BCUT2D eigenvalue weighted by atomic mass is 10.0. The number of hydrogen-bond donors (Lipinski definition) is 1. The summed E-state index contributed by atoms with van der Waals surface area (Å²) in [5, 5.41) is 2.55. The topological polar surface area (TPSA) is 41.6 Å². The molecule has 1 heterocycles. The Balaban J connectivity index is 1.75. The summed E-state index contributed by atoms with van der Waals surface area (Å²) in [7, 11) is 1.97. The number of halogens is 3. The van der Waals surface area contributed by atoms with Crippen LogP contribution in [0.1, 0.15) is 12.8 Å². The standard InChI is InChI=1S/C19H19F3N2O2/c1-24-8-2-3-14(24)11-26-19(25)23-18-7-5-13(20)10-15(18)12-4-6-16(21)17(22)9-12/h4-7,9-10,14H,2-3,8,11H2,1H3,(H,23,25). The third-order valence-corrected chi connectivity index (χ3v) is 4.53. The van der Waals surface area contributed by atoms with Crippen LogP contribution in [0.4, 0.5) is 23.7 Å². The molecule has 1 saturated heterocycles. The fourth-order valence-corrected chi connectivity index (χ4v) is 3.04. The Labute approximate surface area is 149 Å². The summed E-state index contributed by atoms with van der Waals surface area (Å²) in [4.78, 5) is 14.2. The highest BCUT2D eigenvalue weighted by atomic mass is 19.2. The fraction of sp³-hybridized carbons (Fsp3) is 0.316. The predicted molar refractivity (Wildman–Crippen MR) is 92.4 cm³/mol. The van der Waals surface area contributed by atoms with E-state index in [0.29, 0.717) is 0 Å². The average Bonchev–Trinajstić information content (AvgIpc) is 3.02. The van der Waals surface area contributed by atoms with Crippen LogP contribution in [0, 0.1) is 17.5 Å². The highest BCUT2D eigenvalue weighted by Gasteiger charge is 2.22. The molecular formula is C19H19F3N2O2. The number of nitrogens with one attached hydrogen (secondary N) is 1. The second-order valence-electron chi connectivity index (χ2n) is 6.32. The molecule has 0 aliphatic carbocycles. The van der Waals surface area contributed by atoms with Gasteiger partial charge in [-0.25, -0.2) is 18.0 Å². The highest BCUT2D eigenvalue weighted by Crippen LogP contribution is 2.30. The number of carbonyl (C=O) groups excluding carboxylic acids is 1. The zero-order valence-electron chi connectivity index (χ0n) is 14.3. The molecule has 138 valence electrons. The van der Waals surface area contributed by atoms with Crippen molar-refractivity contribution in [3.63, 3.8) is 0 Å². The Morgan fingerprint density at radius 1 is 1.19 bits per heavy atom. The molecule has 4 nitrogen and oxygen atoms in total. The van der Waals surface area contributed by atoms with Gasteiger partial charge in [-0.05, 0) is 62.3 Å². The van der Waals surface area contributed by atoms with E-state index in [9.17, 15) is 18.0 Å². The van der Waals surface area contributed by atoms with Crippen LogP contribution in [0.5, 0.6) is 0 Å². The van der Waals surface area contributed by atoms with Crippen LogP contribution in [0.2, 0.25) is 0 Å². The van der Waals surface area contributed by atoms with Crippen molar-refractivity contribution in [3.8, 4) is 11.1 Å². The molecule has 1 amide bonds. The van der Waals surface area contributed by atoms with Crippen LogP contribution in [0.3, 0.4) is 0 Å². The van der Waals surface area contributed by atoms with Crippen molar-refractivity contribution in [2.24, 2.45) is 0 Å². The molecule has 1 atom stereocenters. The van der Waals surface area contributed by atoms with Gasteiger partial charge in [0.15, 0.2) is 11.6 Å². The average molecular weight is 364 g/mol. The minimum absolute atomic E-state index is 0.180. The number of amides is 1. The maximum atomic E-state index is 13.6. The van der Waals surface area contributed by atoms with Gasteiger partial charge in [-0.1, -0.05) is 6.07 Å². The Bertz CT molecular complexity index is 813.